The molecule has 0 radical (unpaired) electrons. The highest BCUT2D eigenvalue weighted by Crippen LogP contribution is 2.11. The summed E-state index contributed by atoms with van der Waals surface area (Å²) in [4.78, 5) is 0. The van der Waals surface area contributed by atoms with Crippen LogP contribution in [0.1, 0.15) is 77.6 Å². The highest BCUT2D eigenvalue weighted by Gasteiger charge is 1.91. The van der Waals surface area contributed by atoms with Crippen LogP contribution in [0.3, 0.4) is 0 Å². The molecule has 0 N–H and O–H groups in total. The molecule has 0 aromatic carbocycles. The van der Waals surface area contributed by atoms with Crippen molar-refractivity contribution in [2.75, 3.05) is 0 Å². The summed E-state index contributed by atoms with van der Waals surface area (Å²) in [5, 5.41) is 1.24. The smallest absolute Gasteiger partial charge is 0.0155 e. The van der Waals surface area contributed by atoms with Crippen LogP contribution in [-0.4, -0.2) is 8.76 Å². The summed E-state index contributed by atoms with van der Waals surface area (Å²) in [5.74, 6) is 0. The van der Waals surface area contributed by atoms with Crippen molar-refractivity contribution < 1.29 is 8.76 Å². The average molecular weight is 259 g/mol. The fraction of sp³-hybridized carbons (Fsp3) is 0.857. The lowest BCUT2D eigenvalue weighted by molar-refractivity contribution is 0.546. The lowest BCUT2D eigenvalue weighted by atomic mass is 10.1. The van der Waals surface area contributed by atoms with Gasteiger partial charge in [-0.15, -0.1) is 0 Å². The van der Waals surface area contributed by atoms with Crippen molar-refractivity contribution in [1.29, 1.82) is 0 Å². The van der Waals surface area contributed by atoms with Crippen molar-refractivity contribution >= 4 is 11.1 Å². The fourth-order valence-corrected chi connectivity index (χ4v) is 2.19. The van der Waals surface area contributed by atoms with Gasteiger partial charge in [0.2, 0.25) is 0 Å². The Bertz CT molecular complexity index is 202. The van der Waals surface area contributed by atoms with E-state index in [1.807, 2.05) is 0 Å². The lowest BCUT2D eigenvalue weighted by Gasteiger charge is -2.01. The summed E-state index contributed by atoms with van der Waals surface area (Å²) in [6, 6.07) is 0. The van der Waals surface area contributed by atoms with E-state index in [0.29, 0.717) is 0 Å². The number of unbranched alkanes of at least 4 members (excludes halogenated alkanes) is 10. The first-order valence-corrected chi connectivity index (χ1v) is 8.16. The molecule has 0 bridgehead atoms. The number of hydrogen-bond donors (Lipinski definition) is 0. The van der Waals surface area contributed by atoms with Gasteiger partial charge in [0.25, 0.3) is 0 Å². The van der Waals surface area contributed by atoms with E-state index >= 15 is 0 Å². The highest BCUT2D eigenvalue weighted by molar-refractivity contribution is 7.82. The molecule has 17 heavy (non-hydrogen) atoms. The Kier molecular flexibility index (Phi) is 13.8. The Morgan fingerprint density at radius 3 is 1.82 bits per heavy atom. The molecule has 0 amide bonds. The Morgan fingerprint density at radius 2 is 1.35 bits per heavy atom. The Hall–Kier alpha value is -0.150. The van der Waals surface area contributed by atoms with Crippen molar-refractivity contribution in [2.24, 2.45) is 0 Å². The van der Waals surface area contributed by atoms with Crippen LogP contribution >= 0.6 is 0 Å². The molecule has 0 saturated carbocycles. The molecular weight excluding hydrogens is 232 g/mol. The van der Waals surface area contributed by atoms with Crippen LogP contribution in [0, 0.1) is 0 Å². The van der Waals surface area contributed by atoms with Gasteiger partial charge in [-0.05, 0) is 29.3 Å². The first kappa shape index (κ1) is 16.9. The summed E-state index contributed by atoms with van der Waals surface area (Å²) in [5.41, 5.74) is 0. The maximum Gasteiger partial charge on any atom is -0.0155 e. The molecule has 0 aliphatic heterocycles. The van der Waals surface area contributed by atoms with Crippen LogP contribution in [0.5, 0.6) is 0 Å². The van der Waals surface area contributed by atoms with Crippen LogP contribution < -0.4 is 0 Å². The normalized spacial score (nSPS) is 13.3. The predicted octanol–water partition coefficient (Wildman–Crippen LogP) is 4.69. The SMILES string of the molecule is CCCCCCCCCCCCC=CS(=O)[O-]. The van der Waals surface area contributed by atoms with Gasteiger partial charge in [0, 0.05) is 0 Å². The maximum absolute atomic E-state index is 10.2. The molecule has 102 valence electrons. The first-order valence-electron chi connectivity index (χ1n) is 7.02. The minimum Gasteiger partial charge on any atom is -0.769 e. The van der Waals surface area contributed by atoms with E-state index in [0.717, 1.165) is 12.8 Å². The van der Waals surface area contributed by atoms with Crippen LogP contribution in [0.2, 0.25) is 0 Å². The average Bonchev–Trinajstić information content (AvgIpc) is 2.30. The van der Waals surface area contributed by atoms with Gasteiger partial charge in [-0.3, -0.25) is 4.21 Å². The molecule has 0 aliphatic carbocycles. The number of hydrogen-bond acceptors (Lipinski definition) is 2. The second-order valence-corrected chi connectivity index (χ2v) is 5.40. The topological polar surface area (TPSA) is 40.1 Å². The summed E-state index contributed by atoms with van der Waals surface area (Å²) in [7, 11) is 0. The van der Waals surface area contributed by atoms with Crippen LogP contribution in [0.25, 0.3) is 0 Å². The van der Waals surface area contributed by atoms with Gasteiger partial charge in [0.05, 0.1) is 0 Å². The number of rotatable bonds is 12. The zero-order chi connectivity index (χ0) is 12.8. The van der Waals surface area contributed by atoms with Gasteiger partial charge >= 0.3 is 0 Å². The molecule has 0 rings (SSSR count). The Labute approximate surface area is 109 Å². The van der Waals surface area contributed by atoms with Crippen molar-refractivity contribution in [3.63, 3.8) is 0 Å². The summed E-state index contributed by atoms with van der Waals surface area (Å²) < 4.78 is 20.4. The third-order valence-corrected chi connectivity index (χ3v) is 3.35. The predicted molar refractivity (Wildman–Crippen MR) is 74.5 cm³/mol. The zero-order valence-corrected chi connectivity index (χ0v) is 12.0. The van der Waals surface area contributed by atoms with E-state index in [4.69, 9.17) is 0 Å². The third kappa shape index (κ3) is 15.9. The number of allylic oxidation sites excluding steroid dienone is 1. The lowest BCUT2D eigenvalue weighted by Crippen LogP contribution is -1.82. The van der Waals surface area contributed by atoms with E-state index in [2.05, 4.69) is 6.92 Å². The summed E-state index contributed by atoms with van der Waals surface area (Å²) in [6.07, 6.45) is 15.9. The highest BCUT2D eigenvalue weighted by atomic mass is 32.2. The molecule has 2 nitrogen and oxygen atoms in total. The minimum absolute atomic E-state index is 0.893. The fourth-order valence-electron chi connectivity index (χ4n) is 1.90. The largest absolute Gasteiger partial charge is 0.769 e. The molecule has 1 unspecified atom stereocenters. The molecule has 0 aromatic heterocycles. The van der Waals surface area contributed by atoms with Crippen LogP contribution in [0.4, 0.5) is 0 Å². The van der Waals surface area contributed by atoms with E-state index < -0.39 is 11.1 Å². The summed E-state index contributed by atoms with van der Waals surface area (Å²) in [6.45, 7) is 2.25. The van der Waals surface area contributed by atoms with Gasteiger partial charge in [-0.25, -0.2) is 0 Å². The molecule has 3 heteroatoms. The van der Waals surface area contributed by atoms with Crippen LogP contribution in [-0.2, 0) is 11.1 Å². The third-order valence-electron chi connectivity index (χ3n) is 2.93. The van der Waals surface area contributed by atoms with Gasteiger partial charge in [0.15, 0.2) is 0 Å². The molecule has 0 saturated heterocycles. The van der Waals surface area contributed by atoms with E-state index in [1.165, 1.54) is 63.2 Å². The molecular formula is C14H27O2S-. The molecule has 0 aromatic rings. The van der Waals surface area contributed by atoms with Gasteiger partial charge < -0.3 is 4.55 Å². The van der Waals surface area contributed by atoms with Gasteiger partial charge in [0.1, 0.15) is 0 Å². The van der Waals surface area contributed by atoms with Gasteiger partial charge in [-0.1, -0.05) is 70.8 Å². The van der Waals surface area contributed by atoms with E-state index in [9.17, 15) is 8.76 Å². The monoisotopic (exact) mass is 259 g/mol. The quantitative estimate of drug-likeness (QED) is 0.377. The molecule has 0 fully saturated rings. The Balaban J connectivity index is 3.01. The maximum atomic E-state index is 10.2. The molecule has 1 atom stereocenters. The van der Waals surface area contributed by atoms with Crippen molar-refractivity contribution in [3.8, 4) is 0 Å². The van der Waals surface area contributed by atoms with Crippen molar-refractivity contribution in [2.45, 2.75) is 77.6 Å². The minimum atomic E-state index is -2.01. The van der Waals surface area contributed by atoms with Crippen molar-refractivity contribution in [1.82, 2.24) is 0 Å². The second kappa shape index (κ2) is 13.9. The molecule has 0 spiro atoms. The van der Waals surface area contributed by atoms with Gasteiger partial charge in [-0.2, -0.15) is 0 Å². The standard InChI is InChI=1S/C14H28O2S/c1-2-3-4-5-6-7-8-9-10-11-12-13-14-17(15)16/h13-14H,2-12H2,1H3,(H,15,16)/p-1. The molecule has 0 heterocycles. The Morgan fingerprint density at radius 1 is 0.882 bits per heavy atom. The van der Waals surface area contributed by atoms with Crippen LogP contribution in [0.15, 0.2) is 11.5 Å². The first-order chi connectivity index (χ1) is 8.27. The summed E-state index contributed by atoms with van der Waals surface area (Å²) >= 11 is -2.01. The van der Waals surface area contributed by atoms with Crippen molar-refractivity contribution in [3.05, 3.63) is 11.5 Å². The van der Waals surface area contributed by atoms with E-state index in [-0.39, 0.29) is 0 Å². The zero-order valence-electron chi connectivity index (χ0n) is 11.2. The van der Waals surface area contributed by atoms with E-state index in [1.54, 1.807) is 6.08 Å². The second-order valence-electron chi connectivity index (χ2n) is 4.60. The molecule has 0 aliphatic rings.